The first-order valence-electron chi connectivity index (χ1n) is 6.86. The van der Waals surface area contributed by atoms with Gasteiger partial charge in [0.15, 0.2) is 11.2 Å². The molecule has 1 aliphatic rings. The topological polar surface area (TPSA) is 132 Å². The van der Waals surface area contributed by atoms with E-state index in [1.54, 1.807) is 12.1 Å². The number of aldehydes is 1. The number of nitrogens with zero attached hydrogens (tertiary/aromatic N) is 3. The van der Waals surface area contributed by atoms with E-state index in [0.29, 0.717) is 11.3 Å². The van der Waals surface area contributed by atoms with Crippen LogP contribution >= 0.6 is 11.6 Å². The van der Waals surface area contributed by atoms with Crippen molar-refractivity contribution in [1.29, 1.82) is 15.8 Å². The van der Waals surface area contributed by atoms with Crippen molar-refractivity contribution in [3.63, 3.8) is 0 Å². The van der Waals surface area contributed by atoms with Gasteiger partial charge in [-0.2, -0.15) is 15.8 Å². The largest absolute Gasteiger partial charge is 0.400 e. The van der Waals surface area contributed by atoms with Gasteiger partial charge in [0.05, 0.1) is 18.2 Å². The number of allylic oxidation sites excluding steroid dienone is 2. The molecule has 0 amide bonds. The van der Waals surface area contributed by atoms with E-state index in [1.807, 2.05) is 6.07 Å². The van der Waals surface area contributed by atoms with E-state index in [4.69, 9.17) is 17.3 Å². The number of benzene rings is 1. The Morgan fingerprint density at radius 2 is 1.79 bits per heavy atom. The van der Waals surface area contributed by atoms with Gasteiger partial charge in [-0.25, -0.2) is 0 Å². The zero-order valence-corrected chi connectivity index (χ0v) is 13.2. The zero-order valence-electron chi connectivity index (χ0n) is 12.4. The van der Waals surface area contributed by atoms with Gasteiger partial charge in [0.1, 0.15) is 11.7 Å². The Morgan fingerprint density at radius 1 is 1.21 bits per heavy atom. The van der Waals surface area contributed by atoms with Crippen molar-refractivity contribution in [2.45, 2.75) is 12.8 Å². The summed E-state index contributed by atoms with van der Waals surface area (Å²) in [5.74, 6) is -0.474. The van der Waals surface area contributed by atoms with Crippen molar-refractivity contribution in [3.8, 4) is 18.2 Å². The molecule has 0 bridgehead atoms. The second-order valence-electron chi connectivity index (χ2n) is 5.49. The van der Waals surface area contributed by atoms with Crippen molar-refractivity contribution >= 4 is 23.7 Å². The van der Waals surface area contributed by atoms with Crippen molar-refractivity contribution in [3.05, 3.63) is 46.1 Å². The van der Waals surface area contributed by atoms with Gasteiger partial charge in [-0.05, 0) is 24.3 Å². The fraction of sp³-hybridized carbons (Fsp3) is 0.235. The molecule has 1 aromatic carbocycles. The fourth-order valence-electron chi connectivity index (χ4n) is 2.86. The number of carbonyl (C=O) groups is 2. The molecule has 24 heavy (non-hydrogen) atoms. The van der Waals surface area contributed by atoms with Crippen molar-refractivity contribution in [2.75, 3.05) is 0 Å². The highest BCUT2D eigenvalue weighted by atomic mass is 35.5. The molecule has 0 saturated heterocycles. The van der Waals surface area contributed by atoms with Crippen LogP contribution in [0.3, 0.4) is 0 Å². The molecule has 1 aliphatic carbocycles. The first-order chi connectivity index (χ1) is 11.4. The summed E-state index contributed by atoms with van der Waals surface area (Å²) in [7, 11) is 0. The Morgan fingerprint density at radius 3 is 2.25 bits per heavy atom. The highest BCUT2D eigenvalue weighted by molar-refractivity contribution is 6.30. The molecular weight excluding hydrogens is 328 g/mol. The summed E-state index contributed by atoms with van der Waals surface area (Å²) in [5.41, 5.74) is 2.23. The number of rotatable bonds is 4. The minimum Gasteiger partial charge on any atom is -0.400 e. The highest BCUT2D eigenvalue weighted by Crippen LogP contribution is 2.55. The van der Waals surface area contributed by atoms with Crippen LogP contribution in [-0.4, -0.2) is 12.1 Å². The lowest BCUT2D eigenvalue weighted by molar-refractivity contribution is -0.105. The maximum atomic E-state index is 12.6. The highest BCUT2D eigenvalue weighted by Gasteiger charge is 2.61. The molecule has 2 N–H and O–H groups in total. The smallest absolute Gasteiger partial charge is 0.172 e. The number of Topliss-reactive ketones (excluding diaryl/α,β-unsaturated/α-hetero) is 1. The summed E-state index contributed by atoms with van der Waals surface area (Å²) in [6.45, 7) is 0. The Kier molecular flexibility index (Phi) is 4.42. The average molecular weight is 339 g/mol. The molecule has 0 saturated carbocycles. The molecule has 0 aliphatic heterocycles. The monoisotopic (exact) mass is 338 g/mol. The number of halogens is 1. The first-order valence-corrected chi connectivity index (χ1v) is 7.24. The predicted molar refractivity (Wildman–Crippen MR) is 84.0 cm³/mol. The quantitative estimate of drug-likeness (QED) is 0.661. The van der Waals surface area contributed by atoms with Crippen molar-refractivity contribution < 1.29 is 9.59 Å². The third-order valence-electron chi connectivity index (χ3n) is 4.30. The van der Waals surface area contributed by atoms with E-state index in [9.17, 15) is 25.4 Å². The average Bonchev–Trinajstić information content (AvgIpc) is 2.84. The van der Waals surface area contributed by atoms with Gasteiger partial charge in [-0.15, -0.1) is 0 Å². The lowest BCUT2D eigenvalue weighted by Crippen LogP contribution is -2.41. The standard InChI is InChI=1S/C17H11ClN4O2/c18-13-3-1-11(2-4-13)14(24)6-17(10-21)15(22)12(7-23)5-16(17,8-19)9-20/h1-4,7H,5-6,22H2/t17-/m0/s1. The third-order valence-corrected chi connectivity index (χ3v) is 4.55. The minimum absolute atomic E-state index is 0.00329. The summed E-state index contributed by atoms with van der Waals surface area (Å²) >= 11 is 5.78. The third kappa shape index (κ3) is 2.33. The first kappa shape index (κ1) is 17.2. The molecule has 0 spiro atoms. The maximum absolute atomic E-state index is 12.6. The van der Waals surface area contributed by atoms with Crippen LogP contribution in [-0.2, 0) is 4.79 Å². The lowest BCUT2D eigenvalue weighted by atomic mass is 9.63. The lowest BCUT2D eigenvalue weighted by Gasteiger charge is -2.31. The SMILES string of the molecule is N#CC1(C#N)CC(C=O)=C(N)[C@@]1(C#N)CC(=O)c1ccc(Cl)cc1. The number of nitrogens with two attached hydrogens (primary N) is 1. The number of hydrogen-bond acceptors (Lipinski definition) is 6. The Bertz CT molecular complexity index is 854. The van der Waals surface area contributed by atoms with Gasteiger partial charge in [0.25, 0.3) is 0 Å². The summed E-state index contributed by atoms with van der Waals surface area (Å²) in [6.07, 6.45) is -0.336. The van der Waals surface area contributed by atoms with E-state index in [-0.39, 0.29) is 23.3 Å². The van der Waals surface area contributed by atoms with Gasteiger partial charge in [-0.3, -0.25) is 9.59 Å². The fourth-order valence-corrected chi connectivity index (χ4v) is 2.98. The van der Waals surface area contributed by atoms with Crippen LogP contribution in [0.25, 0.3) is 0 Å². The Balaban J connectivity index is 2.55. The summed E-state index contributed by atoms with van der Waals surface area (Å²) < 4.78 is 0. The van der Waals surface area contributed by atoms with Gasteiger partial charge < -0.3 is 5.73 Å². The molecule has 118 valence electrons. The van der Waals surface area contributed by atoms with Gasteiger partial charge in [0, 0.05) is 34.7 Å². The van der Waals surface area contributed by atoms with Gasteiger partial charge in [0.2, 0.25) is 0 Å². The van der Waals surface area contributed by atoms with Crippen LogP contribution in [0.1, 0.15) is 23.2 Å². The molecule has 0 heterocycles. The number of carbonyl (C=O) groups excluding carboxylic acids is 2. The number of ketones is 1. The summed E-state index contributed by atoms with van der Waals surface area (Å²) in [5, 5.41) is 29.1. The molecule has 0 fully saturated rings. The van der Waals surface area contributed by atoms with Crippen molar-refractivity contribution in [2.24, 2.45) is 16.6 Å². The molecule has 0 unspecified atom stereocenters. The van der Waals surface area contributed by atoms with E-state index < -0.39 is 23.0 Å². The number of nitriles is 3. The van der Waals surface area contributed by atoms with E-state index >= 15 is 0 Å². The van der Waals surface area contributed by atoms with Crippen LogP contribution in [0, 0.1) is 44.8 Å². The van der Waals surface area contributed by atoms with Crippen LogP contribution in [0.15, 0.2) is 35.5 Å². The minimum atomic E-state index is -1.88. The second-order valence-corrected chi connectivity index (χ2v) is 5.92. The molecule has 6 nitrogen and oxygen atoms in total. The van der Waals surface area contributed by atoms with Gasteiger partial charge >= 0.3 is 0 Å². The maximum Gasteiger partial charge on any atom is 0.172 e. The van der Waals surface area contributed by atoms with E-state index in [0.717, 1.165) is 0 Å². The van der Waals surface area contributed by atoms with Crippen molar-refractivity contribution in [1.82, 2.24) is 0 Å². The molecule has 1 aromatic rings. The van der Waals surface area contributed by atoms with Gasteiger partial charge in [-0.1, -0.05) is 11.6 Å². The Labute approximate surface area is 143 Å². The second kappa shape index (κ2) is 6.16. The van der Waals surface area contributed by atoms with Crippen LogP contribution < -0.4 is 5.73 Å². The molecule has 0 radical (unpaired) electrons. The molecular formula is C17H11ClN4O2. The molecule has 2 rings (SSSR count). The molecule has 7 heteroatoms. The van der Waals surface area contributed by atoms with Crippen LogP contribution in [0.4, 0.5) is 0 Å². The predicted octanol–water partition coefficient (Wildman–Crippen LogP) is 2.27. The van der Waals surface area contributed by atoms with Crippen LogP contribution in [0.2, 0.25) is 5.02 Å². The number of hydrogen-bond donors (Lipinski definition) is 1. The normalized spacial score (nSPS) is 21.4. The molecule has 0 aromatic heterocycles. The Hall–Kier alpha value is -3.14. The van der Waals surface area contributed by atoms with E-state index in [2.05, 4.69) is 0 Å². The summed E-state index contributed by atoms with van der Waals surface area (Å²) in [4.78, 5) is 23.7. The molecule has 1 atom stereocenters. The van der Waals surface area contributed by atoms with Crippen LogP contribution in [0.5, 0.6) is 0 Å². The summed E-state index contributed by atoms with van der Waals surface area (Å²) in [6, 6.07) is 11.4. The zero-order chi connectivity index (χ0) is 18.0. The van der Waals surface area contributed by atoms with E-state index in [1.165, 1.54) is 24.3 Å².